The topological polar surface area (TPSA) is 104 Å². The Hall–Kier alpha value is -2.22. The highest BCUT2D eigenvalue weighted by Gasteiger charge is 2.59. The molecule has 4 aliphatic rings. The van der Waals surface area contributed by atoms with E-state index in [1.807, 2.05) is 0 Å². The van der Waals surface area contributed by atoms with Crippen molar-refractivity contribution in [3.63, 3.8) is 0 Å². The van der Waals surface area contributed by atoms with Gasteiger partial charge in [-0.25, -0.2) is 0 Å². The lowest BCUT2D eigenvalue weighted by molar-refractivity contribution is -0.125. The van der Waals surface area contributed by atoms with Crippen LogP contribution in [0.5, 0.6) is 0 Å². The fourth-order valence-corrected chi connectivity index (χ4v) is 4.95. The van der Waals surface area contributed by atoms with Gasteiger partial charge < -0.3 is 15.0 Å². The number of aryl methyl sites for hydroxylation is 1. The number of nitrogens with zero attached hydrogens (tertiary/aromatic N) is 2. The molecule has 26 heavy (non-hydrogen) atoms. The van der Waals surface area contributed by atoms with Crippen LogP contribution in [0.1, 0.15) is 22.6 Å². The molecule has 8 heteroatoms. The van der Waals surface area contributed by atoms with Crippen LogP contribution in [0.25, 0.3) is 0 Å². The first-order valence-corrected chi connectivity index (χ1v) is 9.26. The van der Waals surface area contributed by atoms with Crippen molar-refractivity contribution in [3.05, 3.63) is 27.7 Å². The number of aromatic amines is 1. The zero-order valence-electron chi connectivity index (χ0n) is 14.6. The molecule has 138 valence electrons. The Kier molecular flexibility index (Phi) is 3.47. The van der Waals surface area contributed by atoms with Crippen LogP contribution in [0.4, 0.5) is 0 Å². The van der Waals surface area contributed by atoms with Crippen molar-refractivity contribution in [2.24, 2.45) is 29.6 Å². The normalized spacial score (nSPS) is 36.9. The highest BCUT2D eigenvalue weighted by atomic mass is 16.5. The van der Waals surface area contributed by atoms with Crippen LogP contribution in [0.3, 0.4) is 0 Å². The van der Waals surface area contributed by atoms with E-state index in [-0.39, 0.29) is 40.8 Å². The number of carbonyl (C=O) groups is 2. The van der Waals surface area contributed by atoms with Crippen LogP contribution in [-0.2, 0) is 9.53 Å². The fraction of sp³-hybridized carbons (Fsp3) is 0.667. The molecule has 4 fully saturated rings. The summed E-state index contributed by atoms with van der Waals surface area (Å²) in [6, 6.07) is 1.53. The van der Waals surface area contributed by atoms with E-state index in [0.29, 0.717) is 49.8 Å². The molecule has 0 bridgehead atoms. The van der Waals surface area contributed by atoms with E-state index in [9.17, 15) is 14.4 Å². The minimum absolute atomic E-state index is 0.0525. The largest absolute Gasteiger partial charge is 0.381 e. The van der Waals surface area contributed by atoms with E-state index in [4.69, 9.17) is 4.74 Å². The maximum atomic E-state index is 12.6. The monoisotopic (exact) mass is 358 g/mol. The third-order valence-electron chi connectivity index (χ3n) is 6.56. The van der Waals surface area contributed by atoms with Gasteiger partial charge in [0.2, 0.25) is 11.3 Å². The van der Waals surface area contributed by atoms with E-state index in [2.05, 4.69) is 15.5 Å². The van der Waals surface area contributed by atoms with Crippen molar-refractivity contribution in [3.8, 4) is 0 Å². The lowest BCUT2D eigenvalue weighted by Crippen LogP contribution is -2.52. The molecular formula is C18H22N4O4. The van der Waals surface area contributed by atoms with Gasteiger partial charge in [0.05, 0.1) is 13.2 Å². The van der Waals surface area contributed by atoms with Crippen molar-refractivity contribution in [2.75, 3.05) is 26.3 Å². The van der Waals surface area contributed by atoms with Gasteiger partial charge in [-0.2, -0.15) is 5.10 Å². The average molecular weight is 358 g/mol. The number of carbonyl (C=O) groups excluding carboxylic acids is 2. The van der Waals surface area contributed by atoms with E-state index < -0.39 is 0 Å². The Morgan fingerprint density at radius 3 is 2.77 bits per heavy atom. The Bertz CT molecular complexity index is 827. The van der Waals surface area contributed by atoms with Crippen LogP contribution in [0, 0.1) is 36.5 Å². The lowest BCUT2D eigenvalue weighted by atomic mass is 9.71. The van der Waals surface area contributed by atoms with Gasteiger partial charge in [0.25, 0.3) is 5.91 Å². The first kappa shape index (κ1) is 16.0. The molecule has 2 aliphatic carbocycles. The predicted octanol–water partition coefficient (Wildman–Crippen LogP) is -0.453. The standard InChI is InChI=1S/C18H22N4O4/c1-8-2-14(23)16(21-20-8)18(25)22-4-9-3-13(10(9)5-22)19-17(24)15-11-6-26-7-12(11)15/h2,9-13,15H,3-7H2,1H3,(H,19,24)(H,20,23)/t9?,10?,11-,12+,13?,15?. The van der Waals surface area contributed by atoms with E-state index in [1.54, 1.807) is 11.8 Å². The summed E-state index contributed by atoms with van der Waals surface area (Å²) >= 11 is 0. The maximum Gasteiger partial charge on any atom is 0.278 e. The second-order valence-corrected chi connectivity index (χ2v) is 8.14. The van der Waals surface area contributed by atoms with Crippen molar-refractivity contribution in [1.29, 1.82) is 0 Å². The molecule has 6 atom stereocenters. The highest BCUT2D eigenvalue weighted by molar-refractivity contribution is 5.92. The first-order chi connectivity index (χ1) is 12.5. The molecule has 2 saturated carbocycles. The van der Waals surface area contributed by atoms with Crippen molar-refractivity contribution in [2.45, 2.75) is 19.4 Å². The molecule has 4 unspecified atom stereocenters. The third-order valence-corrected chi connectivity index (χ3v) is 6.56. The van der Waals surface area contributed by atoms with Gasteiger partial charge in [-0.05, 0) is 31.1 Å². The summed E-state index contributed by atoms with van der Waals surface area (Å²) in [5, 5.41) is 9.79. The maximum absolute atomic E-state index is 12.6. The van der Waals surface area contributed by atoms with Crippen LogP contribution in [0.2, 0.25) is 0 Å². The Morgan fingerprint density at radius 2 is 2.04 bits per heavy atom. The summed E-state index contributed by atoms with van der Waals surface area (Å²) in [5.74, 6) is 1.45. The molecule has 0 aromatic carbocycles. The average Bonchev–Trinajstić information content (AvgIpc) is 2.92. The minimum atomic E-state index is -0.349. The van der Waals surface area contributed by atoms with E-state index in [1.165, 1.54) is 6.07 Å². The van der Waals surface area contributed by atoms with Gasteiger partial charge in [-0.15, -0.1) is 0 Å². The van der Waals surface area contributed by atoms with Gasteiger partial charge in [-0.3, -0.25) is 19.5 Å². The zero-order chi connectivity index (χ0) is 18.0. The molecule has 3 heterocycles. The van der Waals surface area contributed by atoms with Gasteiger partial charge >= 0.3 is 0 Å². The van der Waals surface area contributed by atoms with Crippen LogP contribution in [0.15, 0.2) is 10.9 Å². The molecule has 2 N–H and O–H groups in total. The molecule has 0 spiro atoms. The smallest absolute Gasteiger partial charge is 0.278 e. The van der Waals surface area contributed by atoms with Crippen molar-refractivity contribution < 1.29 is 14.3 Å². The van der Waals surface area contributed by atoms with Crippen LogP contribution < -0.4 is 10.7 Å². The number of likely N-dealkylation sites (tertiary alicyclic amines) is 1. The van der Waals surface area contributed by atoms with Gasteiger partial charge in [-0.1, -0.05) is 0 Å². The number of nitrogens with one attached hydrogen (secondary N) is 2. The number of hydrogen-bond donors (Lipinski definition) is 2. The molecule has 1 aromatic heterocycles. The molecule has 2 aliphatic heterocycles. The lowest BCUT2D eigenvalue weighted by Gasteiger charge is -2.39. The Balaban J connectivity index is 1.20. The third kappa shape index (κ3) is 2.39. The summed E-state index contributed by atoms with van der Waals surface area (Å²) in [6.07, 6.45) is 0.899. The molecular weight excluding hydrogens is 336 g/mol. The van der Waals surface area contributed by atoms with Crippen molar-refractivity contribution in [1.82, 2.24) is 20.4 Å². The van der Waals surface area contributed by atoms with Gasteiger partial charge in [0.15, 0.2) is 5.69 Å². The summed E-state index contributed by atoms with van der Waals surface area (Å²) in [5.41, 5.74) is 0.229. The zero-order valence-corrected chi connectivity index (χ0v) is 14.6. The SMILES string of the molecule is Cc1cc(=O)c(C(=O)N2CC3CC(NC(=O)C4[C@H]5COC[C@@H]45)C3C2)n[nH]1. The number of H-pyrrole nitrogens is 1. The molecule has 1 aromatic rings. The van der Waals surface area contributed by atoms with Gasteiger partial charge in [0.1, 0.15) is 0 Å². The molecule has 5 rings (SSSR count). The number of fused-ring (bicyclic) bond motifs is 2. The van der Waals surface area contributed by atoms with E-state index >= 15 is 0 Å². The van der Waals surface area contributed by atoms with Gasteiger partial charge in [0, 0.05) is 42.7 Å². The second kappa shape index (κ2) is 5.64. The first-order valence-electron chi connectivity index (χ1n) is 9.26. The Morgan fingerprint density at radius 1 is 1.27 bits per heavy atom. The summed E-state index contributed by atoms with van der Waals surface area (Å²) in [4.78, 5) is 38.8. The molecule has 2 amide bonds. The Labute approximate surface area is 150 Å². The summed E-state index contributed by atoms with van der Waals surface area (Å²) < 4.78 is 5.34. The van der Waals surface area contributed by atoms with Crippen molar-refractivity contribution >= 4 is 11.8 Å². The number of ether oxygens (including phenoxy) is 1. The minimum Gasteiger partial charge on any atom is -0.381 e. The van der Waals surface area contributed by atoms with E-state index in [0.717, 1.165) is 6.42 Å². The second-order valence-electron chi connectivity index (χ2n) is 8.14. The number of rotatable bonds is 3. The molecule has 8 nitrogen and oxygen atoms in total. The molecule has 0 radical (unpaired) electrons. The number of aromatic nitrogens is 2. The van der Waals surface area contributed by atoms with Crippen LogP contribution in [-0.4, -0.2) is 59.3 Å². The predicted molar refractivity (Wildman–Crippen MR) is 90.3 cm³/mol. The highest BCUT2D eigenvalue weighted by Crippen LogP contribution is 2.51. The quantitative estimate of drug-likeness (QED) is 0.761. The number of hydrogen-bond acceptors (Lipinski definition) is 5. The summed E-state index contributed by atoms with van der Waals surface area (Å²) in [7, 11) is 0. The van der Waals surface area contributed by atoms with Crippen LogP contribution >= 0.6 is 0 Å². The summed E-state index contributed by atoms with van der Waals surface area (Å²) in [6.45, 7) is 4.35. The molecule has 2 saturated heterocycles. The fourth-order valence-electron chi connectivity index (χ4n) is 4.95. The number of amides is 2.